The van der Waals surface area contributed by atoms with Crippen LogP contribution in [0.2, 0.25) is 0 Å². The summed E-state index contributed by atoms with van der Waals surface area (Å²) in [6.45, 7) is 0. The first-order valence-corrected chi connectivity index (χ1v) is 6.93. The molecule has 0 saturated carbocycles. The van der Waals surface area contributed by atoms with Gasteiger partial charge in [0.2, 0.25) is 0 Å². The second kappa shape index (κ2) is 5.45. The van der Waals surface area contributed by atoms with Gasteiger partial charge in [0.25, 0.3) is 0 Å². The van der Waals surface area contributed by atoms with Crippen molar-refractivity contribution in [1.82, 2.24) is 0 Å². The van der Waals surface area contributed by atoms with E-state index in [1.54, 1.807) is 22.7 Å². The van der Waals surface area contributed by atoms with E-state index in [1.165, 1.54) is 10.8 Å². The maximum Gasteiger partial charge on any atom is 0.349 e. The molecular weight excluding hydrogens is 270 g/mol. The van der Waals surface area contributed by atoms with E-state index in [-0.39, 0.29) is 0 Å². The minimum atomic E-state index is -2.58. The van der Waals surface area contributed by atoms with E-state index < -0.39 is 4.59 Å². The predicted octanol–water partition coefficient (Wildman–Crippen LogP) is 5.03. The van der Waals surface area contributed by atoms with Gasteiger partial charge in [0, 0.05) is 10.8 Å². The smallest absolute Gasteiger partial charge is 0.182 e. The van der Waals surface area contributed by atoms with E-state index in [9.17, 15) is 8.78 Å². The molecule has 2 rings (SSSR count). The van der Waals surface area contributed by atoms with Crippen LogP contribution in [0.5, 0.6) is 0 Å². The van der Waals surface area contributed by atoms with Gasteiger partial charge >= 0.3 is 4.59 Å². The molecule has 0 aliphatic carbocycles. The summed E-state index contributed by atoms with van der Waals surface area (Å²) in [7, 11) is 0. The normalized spacial score (nSPS) is 18.0. The zero-order chi connectivity index (χ0) is 9.73. The van der Waals surface area contributed by atoms with Gasteiger partial charge < -0.3 is 0 Å². The summed E-state index contributed by atoms with van der Waals surface area (Å²) in [5.74, 6) is 0. The van der Waals surface area contributed by atoms with Crippen molar-refractivity contribution < 1.29 is 8.78 Å². The van der Waals surface area contributed by atoms with E-state index >= 15 is 0 Å². The molecule has 0 N–H and O–H groups in total. The number of hydrogen-bond acceptors (Lipinski definition) is 5. The standard InChI is InChI=1S/C3H2F2S2.C3H2S3/c4-3(5)6-1-2-7-3;4-3-5-1-2-6-3/h1-2H;1-2H. The molecule has 0 aromatic carbocycles. The fourth-order valence-corrected chi connectivity index (χ4v) is 3.31. The van der Waals surface area contributed by atoms with Crippen LogP contribution in [0.15, 0.2) is 21.6 Å². The van der Waals surface area contributed by atoms with E-state index in [2.05, 4.69) is 0 Å². The second-order valence-electron chi connectivity index (χ2n) is 1.73. The van der Waals surface area contributed by atoms with Gasteiger partial charge in [-0.1, -0.05) is 12.2 Å². The Bertz CT molecular complexity index is 299. The van der Waals surface area contributed by atoms with Crippen molar-refractivity contribution in [2.24, 2.45) is 0 Å². The van der Waals surface area contributed by atoms with E-state index in [0.29, 0.717) is 23.5 Å². The first-order chi connectivity index (χ1) is 6.10. The molecule has 72 valence electrons. The third-order valence-electron chi connectivity index (χ3n) is 0.850. The highest BCUT2D eigenvalue weighted by Crippen LogP contribution is 2.46. The summed E-state index contributed by atoms with van der Waals surface area (Å²) in [4.78, 5) is 0. The Morgan fingerprint density at radius 3 is 1.69 bits per heavy atom. The summed E-state index contributed by atoms with van der Waals surface area (Å²) in [5.41, 5.74) is 0. The molecule has 0 spiro atoms. The Kier molecular flexibility index (Phi) is 4.88. The molecule has 0 saturated heterocycles. The van der Waals surface area contributed by atoms with Crippen LogP contribution in [-0.4, -0.2) is 4.59 Å². The fourth-order valence-electron chi connectivity index (χ4n) is 0.436. The summed E-state index contributed by atoms with van der Waals surface area (Å²) in [6.07, 6.45) is 0. The lowest BCUT2D eigenvalue weighted by Gasteiger charge is -2.00. The molecule has 2 heterocycles. The first kappa shape index (κ1) is 11.6. The molecule has 13 heavy (non-hydrogen) atoms. The van der Waals surface area contributed by atoms with Crippen LogP contribution in [-0.2, 0) is 0 Å². The Morgan fingerprint density at radius 2 is 1.54 bits per heavy atom. The van der Waals surface area contributed by atoms with Crippen LogP contribution < -0.4 is 0 Å². The molecule has 0 amide bonds. The van der Waals surface area contributed by atoms with Crippen LogP contribution in [0.25, 0.3) is 0 Å². The van der Waals surface area contributed by atoms with Crippen molar-refractivity contribution in [3.63, 3.8) is 0 Å². The second-order valence-corrected chi connectivity index (χ2v) is 7.04. The van der Waals surface area contributed by atoms with E-state index in [4.69, 9.17) is 12.2 Å². The summed E-state index contributed by atoms with van der Waals surface area (Å²) < 4.78 is 22.0. The third-order valence-corrected chi connectivity index (χ3v) is 4.95. The van der Waals surface area contributed by atoms with Gasteiger partial charge in [0.05, 0.1) is 0 Å². The Balaban J connectivity index is 0.000000132. The zero-order valence-corrected chi connectivity index (χ0v) is 10.2. The zero-order valence-electron chi connectivity index (χ0n) is 6.11. The molecule has 0 bridgehead atoms. The fraction of sp³-hybridized carbons (Fsp3) is 0.167. The molecule has 7 heteroatoms. The van der Waals surface area contributed by atoms with Gasteiger partial charge in [0.15, 0.2) is 0 Å². The average Bonchev–Trinajstić information content (AvgIpc) is 2.62. The van der Waals surface area contributed by atoms with Crippen LogP contribution >= 0.6 is 58.4 Å². The van der Waals surface area contributed by atoms with E-state index in [0.717, 1.165) is 3.14 Å². The lowest BCUT2D eigenvalue weighted by Crippen LogP contribution is -1.94. The van der Waals surface area contributed by atoms with Gasteiger partial charge in [0.1, 0.15) is 3.14 Å². The highest BCUT2D eigenvalue weighted by atomic mass is 32.2. The van der Waals surface area contributed by atoms with Gasteiger partial charge in [-0.05, 0) is 34.3 Å². The summed E-state index contributed by atoms with van der Waals surface area (Å²) >= 11 is 9.10. The minimum absolute atomic E-state index is 0.549. The monoisotopic (exact) mass is 274 g/mol. The largest absolute Gasteiger partial charge is 0.349 e. The van der Waals surface area contributed by atoms with E-state index in [1.807, 2.05) is 10.8 Å². The van der Waals surface area contributed by atoms with Crippen LogP contribution in [0.4, 0.5) is 8.78 Å². The highest BCUT2D eigenvalue weighted by Gasteiger charge is 2.31. The molecule has 0 atom stereocenters. The lowest BCUT2D eigenvalue weighted by molar-refractivity contribution is 0.215. The van der Waals surface area contributed by atoms with Gasteiger partial charge in [-0.25, -0.2) is 0 Å². The van der Waals surface area contributed by atoms with Crippen molar-refractivity contribution >= 4 is 58.4 Å². The maximum atomic E-state index is 11.8. The maximum absolute atomic E-state index is 11.8. The Labute approximate surface area is 96.1 Å². The van der Waals surface area contributed by atoms with Crippen LogP contribution in [0.1, 0.15) is 0 Å². The molecule has 1 aliphatic heterocycles. The molecular formula is C6H4F2S5. The van der Waals surface area contributed by atoms with Gasteiger partial charge in [-0.15, -0.1) is 22.7 Å². The Hall–Kier alpha value is 0.570. The molecule has 0 unspecified atom stereocenters. The van der Waals surface area contributed by atoms with Crippen LogP contribution in [0.3, 0.4) is 0 Å². The molecule has 1 aliphatic rings. The molecule has 0 radical (unpaired) electrons. The lowest BCUT2D eigenvalue weighted by atomic mass is 11.2. The highest BCUT2D eigenvalue weighted by molar-refractivity contribution is 8.23. The van der Waals surface area contributed by atoms with Gasteiger partial charge in [-0.2, -0.15) is 8.78 Å². The first-order valence-electron chi connectivity index (χ1n) is 3.01. The topological polar surface area (TPSA) is 0 Å². The van der Waals surface area contributed by atoms with Crippen molar-refractivity contribution in [2.45, 2.75) is 4.59 Å². The van der Waals surface area contributed by atoms with Gasteiger partial charge in [-0.3, -0.25) is 0 Å². The number of alkyl halides is 2. The SMILES string of the molecule is FC1(F)SC=CS1.S=c1sccs1. The number of thioether (sulfide) groups is 2. The van der Waals surface area contributed by atoms with Crippen molar-refractivity contribution in [3.8, 4) is 0 Å². The Morgan fingerprint density at radius 1 is 1.08 bits per heavy atom. The molecule has 1 aromatic rings. The number of halogens is 2. The number of hydrogen-bond donors (Lipinski definition) is 0. The van der Waals surface area contributed by atoms with Crippen molar-refractivity contribution in [3.05, 3.63) is 24.7 Å². The molecule has 0 fully saturated rings. The third kappa shape index (κ3) is 5.11. The van der Waals surface area contributed by atoms with Crippen molar-refractivity contribution in [1.29, 1.82) is 0 Å². The minimum Gasteiger partial charge on any atom is -0.182 e. The molecule has 0 nitrogen and oxygen atoms in total. The number of rotatable bonds is 0. The molecule has 1 aromatic heterocycles. The predicted molar refractivity (Wildman–Crippen MR) is 62.3 cm³/mol. The quantitative estimate of drug-likeness (QED) is 0.609. The van der Waals surface area contributed by atoms with Crippen LogP contribution in [0, 0.1) is 3.14 Å². The summed E-state index contributed by atoms with van der Waals surface area (Å²) in [6, 6.07) is 0. The van der Waals surface area contributed by atoms with Crippen molar-refractivity contribution in [2.75, 3.05) is 0 Å². The summed E-state index contributed by atoms with van der Waals surface area (Å²) in [5, 5.41) is 6.77. The average molecular weight is 274 g/mol.